The van der Waals surface area contributed by atoms with Gasteiger partial charge in [-0.2, -0.15) is 0 Å². The van der Waals surface area contributed by atoms with Gasteiger partial charge in [-0.3, -0.25) is 0 Å². The Labute approximate surface area is 109 Å². The third kappa shape index (κ3) is 2.98. The second-order valence-electron chi connectivity index (χ2n) is 4.60. The lowest BCUT2D eigenvalue weighted by atomic mass is 10.0. The molecule has 0 heterocycles. The molecule has 0 saturated carbocycles. The van der Waals surface area contributed by atoms with Crippen molar-refractivity contribution < 1.29 is 0 Å². The highest BCUT2D eigenvalue weighted by atomic mass is 14.0. The molecule has 0 saturated heterocycles. The zero-order valence-electron chi connectivity index (χ0n) is 11.0. The molecule has 0 radical (unpaired) electrons. The average Bonchev–Trinajstić information content (AvgIpc) is 2.38. The number of hydrogen-bond acceptors (Lipinski definition) is 0. The van der Waals surface area contributed by atoms with Crippen molar-refractivity contribution >= 4 is 17.7 Å². The summed E-state index contributed by atoms with van der Waals surface area (Å²) in [7, 11) is 0. The third-order valence-electron chi connectivity index (χ3n) is 3.02. The van der Waals surface area contributed by atoms with Gasteiger partial charge in [0.2, 0.25) is 0 Å². The first-order valence-corrected chi connectivity index (χ1v) is 6.16. The molecule has 0 heteroatoms. The first-order valence-electron chi connectivity index (χ1n) is 6.16. The molecular weight excluding hydrogens is 216 g/mol. The van der Waals surface area contributed by atoms with E-state index in [0.717, 1.165) is 5.57 Å². The number of allylic oxidation sites excluding steroid dienone is 1. The molecule has 2 aromatic carbocycles. The summed E-state index contributed by atoms with van der Waals surface area (Å²) in [6, 6.07) is 16.8. The first-order chi connectivity index (χ1) is 8.66. The van der Waals surface area contributed by atoms with Crippen LogP contribution in [0.1, 0.15) is 29.2 Å². The topological polar surface area (TPSA) is 0 Å². The summed E-state index contributed by atoms with van der Waals surface area (Å²) in [5.41, 5.74) is 6.06. The van der Waals surface area contributed by atoms with E-state index in [9.17, 15) is 0 Å². The minimum atomic E-state index is 1.10. The molecule has 0 aromatic heterocycles. The summed E-state index contributed by atoms with van der Waals surface area (Å²) in [6.07, 6.45) is 4.31. The van der Waals surface area contributed by atoms with Crippen LogP contribution in [0.15, 0.2) is 55.1 Å². The fourth-order valence-corrected chi connectivity index (χ4v) is 1.87. The molecule has 0 aliphatic heterocycles. The maximum absolute atomic E-state index is 3.97. The van der Waals surface area contributed by atoms with Crippen LogP contribution in [0.5, 0.6) is 0 Å². The summed E-state index contributed by atoms with van der Waals surface area (Å²) in [4.78, 5) is 0. The van der Waals surface area contributed by atoms with Crippen LogP contribution in [0.2, 0.25) is 0 Å². The molecule has 0 aliphatic carbocycles. The number of aryl methyl sites for hydroxylation is 1. The van der Waals surface area contributed by atoms with Crippen LogP contribution in [0.4, 0.5) is 0 Å². The molecule has 0 N–H and O–H groups in total. The van der Waals surface area contributed by atoms with Gasteiger partial charge in [0.05, 0.1) is 0 Å². The molecule has 90 valence electrons. The van der Waals surface area contributed by atoms with Crippen LogP contribution in [0, 0.1) is 6.92 Å². The van der Waals surface area contributed by atoms with Crippen molar-refractivity contribution in [3.63, 3.8) is 0 Å². The Kier molecular flexibility index (Phi) is 3.78. The van der Waals surface area contributed by atoms with E-state index >= 15 is 0 Å². The van der Waals surface area contributed by atoms with Crippen molar-refractivity contribution in [2.24, 2.45) is 0 Å². The Morgan fingerprint density at radius 1 is 1.00 bits per heavy atom. The Hall–Kier alpha value is -2.08. The first kappa shape index (κ1) is 12.4. The van der Waals surface area contributed by atoms with Crippen LogP contribution >= 0.6 is 0 Å². The SMILES string of the molecule is C=C(C)c1cccc(/C=C/c2ccccc2C)c1. The highest BCUT2D eigenvalue weighted by Gasteiger charge is 1.95. The van der Waals surface area contributed by atoms with E-state index in [1.165, 1.54) is 22.3 Å². The predicted molar refractivity (Wildman–Crippen MR) is 81.3 cm³/mol. The van der Waals surface area contributed by atoms with Crippen molar-refractivity contribution in [1.29, 1.82) is 0 Å². The van der Waals surface area contributed by atoms with E-state index in [4.69, 9.17) is 0 Å². The smallest absolute Gasteiger partial charge is 0.0227 e. The third-order valence-corrected chi connectivity index (χ3v) is 3.02. The maximum atomic E-state index is 3.97. The molecule has 0 bridgehead atoms. The average molecular weight is 234 g/mol. The van der Waals surface area contributed by atoms with Gasteiger partial charge in [0, 0.05) is 0 Å². The van der Waals surface area contributed by atoms with Gasteiger partial charge in [-0.05, 0) is 42.2 Å². The van der Waals surface area contributed by atoms with Crippen LogP contribution in [-0.2, 0) is 0 Å². The second kappa shape index (κ2) is 5.50. The standard InChI is InChI=1S/C18H18/c1-14(2)18-10-6-8-16(13-18)11-12-17-9-5-4-7-15(17)3/h4-13H,1H2,2-3H3/b12-11+. The lowest BCUT2D eigenvalue weighted by Crippen LogP contribution is -1.81. The zero-order valence-corrected chi connectivity index (χ0v) is 11.0. The molecule has 2 rings (SSSR count). The van der Waals surface area contributed by atoms with Gasteiger partial charge in [0.25, 0.3) is 0 Å². The molecule has 0 aliphatic rings. The van der Waals surface area contributed by atoms with Gasteiger partial charge >= 0.3 is 0 Å². The van der Waals surface area contributed by atoms with Gasteiger partial charge < -0.3 is 0 Å². The van der Waals surface area contributed by atoms with Crippen LogP contribution < -0.4 is 0 Å². The summed E-state index contributed by atoms with van der Waals surface area (Å²) in [5.74, 6) is 0. The van der Waals surface area contributed by atoms with Gasteiger partial charge in [-0.1, -0.05) is 66.8 Å². The van der Waals surface area contributed by atoms with Crippen molar-refractivity contribution in [3.8, 4) is 0 Å². The Morgan fingerprint density at radius 3 is 2.50 bits per heavy atom. The van der Waals surface area contributed by atoms with Gasteiger partial charge in [0.15, 0.2) is 0 Å². The fourth-order valence-electron chi connectivity index (χ4n) is 1.87. The minimum Gasteiger partial charge on any atom is -0.0955 e. The van der Waals surface area contributed by atoms with E-state index < -0.39 is 0 Å². The van der Waals surface area contributed by atoms with Crippen molar-refractivity contribution in [3.05, 3.63) is 77.4 Å². The molecule has 0 amide bonds. The summed E-state index contributed by atoms with van der Waals surface area (Å²) in [6.45, 7) is 8.14. The molecule has 0 atom stereocenters. The molecule has 0 spiro atoms. The molecule has 2 aromatic rings. The molecule has 18 heavy (non-hydrogen) atoms. The fraction of sp³-hybridized carbons (Fsp3) is 0.111. The maximum Gasteiger partial charge on any atom is -0.0227 e. The number of hydrogen-bond donors (Lipinski definition) is 0. The highest BCUT2D eigenvalue weighted by Crippen LogP contribution is 2.16. The Balaban J connectivity index is 2.27. The van der Waals surface area contributed by atoms with E-state index in [-0.39, 0.29) is 0 Å². The van der Waals surface area contributed by atoms with Crippen LogP contribution in [0.3, 0.4) is 0 Å². The summed E-state index contributed by atoms with van der Waals surface area (Å²) in [5, 5.41) is 0. The largest absolute Gasteiger partial charge is 0.0955 e. The van der Waals surface area contributed by atoms with Gasteiger partial charge in [0.1, 0.15) is 0 Å². The lowest BCUT2D eigenvalue weighted by Gasteiger charge is -2.02. The molecule has 0 fully saturated rings. The van der Waals surface area contributed by atoms with E-state index in [2.05, 4.69) is 74.2 Å². The Morgan fingerprint density at radius 2 is 1.78 bits per heavy atom. The minimum absolute atomic E-state index is 1.10. The number of benzene rings is 2. The Bertz CT molecular complexity index is 588. The van der Waals surface area contributed by atoms with E-state index in [1.807, 2.05) is 6.92 Å². The summed E-state index contributed by atoms with van der Waals surface area (Å²) >= 11 is 0. The zero-order chi connectivity index (χ0) is 13.0. The molecule has 0 nitrogen and oxygen atoms in total. The van der Waals surface area contributed by atoms with Crippen molar-refractivity contribution in [2.45, 2.75) is 13.8 Å². The molecule has 0 unspecified atom stereocenters. The monoisotopic (exact) mass is 234 g/mol. The molecular formula is C18H18. The van der Waals surface area contributed by atoms with Crippen molar-refractivity contribution in [1.82, 2.24) is 0 Å². The summed E-state index contributed by atoms with van der Waals surface area (Å²) < 4.78 is 0. The quantitative estimate of drug-likeness (QED) is 0.640. The lowest BCUT2D eigenvalue weighted by molar-refractivity contribution is 1.45. The van der Waals surface area contributed by atoms with Crippen molar-refractivity contribution in [2.75, 3.05) is 0 Å². The van der Waals surface area contributed by atoms with Crippen LogP contribution in [0.25, 0.3) is 17.7 Å². The van der Waals surface area contributed by atoms with Crippen LogP contribution in [-0.4, -0.2) is 0 Å². The van der Waals surface area contributed by atoms with E-state index in [0.29, 0.717) is 0 Å². The van der Waals surface area contributed by atoms with E-state index in [1.54, 1.807) is 0 Å². The highest BCUT2D eigenvalue weighted by molar-refractivity contribution is 5.73. The number of rotatable bonds is 3. The van der Waals surface area contributed by atoms with Gasteiger partial charge in [-0.25, -0.2) is 0 Å². The van der Waals surface area contributed by atoms with Gasteiger partial charge in [-0.15, -0.1) is 0 Å². The predicted octanol–water partition coefficient (Wildman–Crippen LogP) is 5.20. The normalized spacial score (nSPS) is 10.8. The second-order valence-corrected chi connectivity index (χ2v) is 4.60.